The summed E-state index contributed by atoms with van der Waals surface area (Å²) >= 11 is 0. The molecule has 1 aromatic heterocycles. The van der Waals surface area contributed by atoms with Gasteiger partial charge in [-0.3, -0.25) is 9.36 Å². The second kappa shape index (κ2) is 11.3. The molecule has 0 bridgehead atoms. The van der Waals surface area contributed by atoms with E-state index in [9.17, 15) is 31.9 Å². The molecule has 218 valence electrons. The molecular weight excluding hydrogens is 570 g/mol. The Kier molecular flexibility index (Phi) is 8.29. The van der Waals surface area contributed by atoms with Gasteiger partial charge >= 0.3 is 6.18 Å². The summed E-state index contributed by atoms with van der Waals surface area (Å²) in [6.45, 7) is 0. The number of alkyl halides is 5. The number of ether oxygens (including phenoxy) is 3. The highest BCUT2D eigenvalue weighted by Crippen LogP contribution is 2.47. The largest absolute Gasteiger partial charge is 0.497 e. The second-order valence-corrected chi connectivity index (χ2v) is 9.97. The van der Waals surface area contributed by atoms with Crippen LogP contribution in [0.4, 0.5) is 22.0 Å². The van der Waals surface area contributed by atoms with Gasteiger partial charge in [0.2, 0.25) is 5.60 Å². The minimum atomic E-state index is -5.61. The molecule has 4 rings (SSSR count). The number of aromatic nitrogens is 2. The molecule has 1 heterocycles. The van der Waals surface area contributed by atoms with E-state index in [4.69, 9.17) is 14.2 Å². The van der Waals surface area contributed by atoms with Crippen molar-refractivity contribution >= 4 is 20.1 Å². The van der Waals surface area contributed by atoms with Crippen LogP contribution >= 0.6 is 9.24 Å². The maximum Gasteiger partial charge on any atom is 0.423 e. The molecule has 0 saturated heterocycles. The van der Waals surface area contributed by atoms with Gasteiger partial charge in [0, 0.05) is 18.9 Å². The molecule has 0 aliphatic rings. The number of aliphatic hydroxyl groups is 1. The monoisotopic (exact) mass is 596 g/mol. The van der Waals surface area contributed by atoms with Crippen molar-refractivity contribution in [3.05, 3.63) is 88.0 Å². The third-order valence-electron chi connectivity index (χ3n) is 6.64. The van der Waals surface area contributed by atoms with Crippen LogP contribution < -0.4 is 19.8 Å². The normalized spacial score (nSPS) is 13.6. The summed E-state index contributed by atoms with van der Waals surface area (Å²) in [5.74, 6) is 1.55. The van der Waals surface area contributed by atoms with Crippen LogP contribution in [0, 0.1) is 0 Å². The van der Waals surface area contributed by atoms with Gasteiger partial charge in [-0.05, 0) is 41.5 Å². The molecule has 13 heteroatoms. The van der Waals surface area contributed by atoms with Gasteiger partial charge in [0.1, 0.15) is 11.6 Å². The van der Waals surface area contributed by atoms with Gasteiger partial charge in [-0.2, -0.15) is 22.0 Å². The Morgan fingerprint density at radius 1 is 0.854 bits per heavy atom. The molecule has 0 aliphatic carbocycles. The predicted octanol–water partition coefficient (Wildman–Crippen LogP) is 5.31. The maximum atomic E-state index is 13.8. The lowest BCUT2D eigenvalue weighted by Crippen LogP contribution is -2.57. The lowest BCUT2D eigenvalue weighted by Gasteiger charge is -2.35. The zero-order valence-electron chi connectivity index (χ0n) is 22.1. The molecule has 1 N–H and O–H groups in total. The van der Waals surface area contributed by atoms with E-state index in [2.05, 4.69) is 4.98 Å². The van der Waals surface area contributed by atoms with Gasteiger partial charge in [0.05, 0.1) is 37.9 Å². The van der Waals surface area contributed by atoms with Crippen molar-refractivity contribution < 1.29 is 41.3 Å². The van der Waals surface area contributed by atoms with E-state index in [1.807, 2.05) is 0 Å². The van der Waals surface area contributed by atoms with Crippen molar-refractivity contribution in [2.45, 2.75) is 30.3 Å². The van der Waals surface area contributed by atoms with Crippen LogP contribution in [0.2, 0.25) is 0 Å². The van der Waals surface area contributed by atoms with Crippen LogP contribution in [0.15, 0.2) is 65.5 Å². The molecule has 0 aliphatic heterocycles. The molecule has 3 aromatic carbocycles. The Morgan fingerprint density at radius 3 is 1.93 bits per heavy atom. The van der Waals surface area contributed by atoms with Gasteiger partial charge in [0.25, 0.3) is 11.2 Å². The van der Waals surface area contributed by atoms with Gasteiger partial charge in [-0.15, -0.1) is 0 Å². The van der Waals surface area contributed by atoms with Crippen molar-refractivity contribution in [3.8, 4) is 22.9 Å². The fourth-order valence-electron chi connectivity index (χ4n) is 4.33. The lowest BCUT2D eigenvalue weighted by molar-refractivity contribution is -0.307. The van der Waals surface area contributed by atoms with E-state index in [-0.39, 0.29) is 34.6 Å². The van der Waals surface area contributed by atoms with Crippen LogP contribution in [-0.2, 0) is 12.8 Å². The SMILES string of the molecule is COc1ccc(Cc2nc3cc(OC)c(OC)cc3c(=O)n2-c2ccc(CC(O)(C(F)(F)F)C(F)(F)P)cc2)cc1. The maximum absolute atomic E-state index is 13.8. The number of fused-ring (bicyclic) bond motifs is 1. The van der Waals surface area contributed by atoms with Gasteiger partial charge < -0.3 is 19.3 Å². The van der Waals surface area contributed by atoms with Crippen molar-refractivity contribution in [2.24, 2.45) is 0 Å². The Balaban J connectivity index is 1.85. The number of nitrogens with zero attached hydrogens (tertiary/aromatic N) is 2. The molecular formula is C28H26F5N2O5P. The standard InChI is InChI=1S/C28H26F5N2O5P/c1-38-19-10-6-16(7-11-19)12-24-34-21-14-23(40-3)22(39-2)13-20(21)25(36)35(24)18-8-4-17(5-9-18)15-26(37,27(29,30)31)28(32,33)41/h4-11,13-14,37H,12,15,41H2,1-3H3. The quantitative estimate of drug-likeness (QED) is 0.209. The summed E-state index contributed by atoms with van der Waals surface area (Å²) in [6, 6.07) is 15.0. The van der Waals surface area contributed by atoms with Gasteiger partial charge in [-0.25, -0.2) is 4.98 Å². The average molecular weight is 596 g/mol. The highest BCUT2D eigenvalue weighted by Gasteiger charge is 2.66. The van der Waals surface area contributed by atoms with Crippen LogP contribution in [0.1, 0.15) is 17.0 Å². The van der Waals surface area contributed by atoms with Crippen molar-refractivity contribution in [3.63, 3.8) is 0 Å². The first-order valence-corrected chi connectivity index (χ1v) is 12.7. The first kappa shape index (κ1) is 30.2. The number of halogens is 5. The third-order valence-corrected chi connectivity index (χ3v) is 7.12. The summed E-state index contributed by atoms with van der Waals surface area (Å²) in [5.41, 5.74) is -8.27. The molecule has 0 fully saturated rings. The summed E-state index contributed by atoms with van der Waals surface area (Å²) in [6.07, 6.45) is -6.84. The Bertz CT molecular complexity index is 1590. The number of hydrogen-bond donors (Lipinski definition) is 1. The molecule has 0 spiro atoms. The Labute approximate surface area is 233 Å². The smallest absolute Gasteiger partial charge is 0.423 e. The number of rotatable bonds is 9. The van der Waals surface area contributed by atoms with Gasteiger partial charge in [-0.1, -0.05) is 33.5 Å². The molecule has 2 unspecified atom stereocenters. The predicted molar refractivity (Wildman–Crippen MR) is 146 cm³/mol. The fraction of sp³-hybridized carbons (Fsp3) is 0.286. The molecule has 0 amide bonds. The van der Waals surface area contributed by atoms with E-state index < -0.39 is 29.4 Å². The van der Waals surface area contributed by atoms with Crippen molar-refractivity contribution in [1.29, 1.82) is 0 Å². The van der Waals surface area contributed by atoms with E-state index >= 15 is 0 Å². The number of hydrogen-bond acceptors (Lipinski definition) is 6. The van der Waals surface area contributed by atoms with Crippen LogP contribution in [0.25, 0.3) is 16.6 Å². The average Bonchev–Trinajstić information content (AvgIpc) is 2.92. The van der Waals surface area contributed by atoms with Crippen LogP contribution in [0.3, 0.4) is 0 Å². The van der Waals surface area contributed by atoms with Crippen LogP contribution in [-0.4, -0.2) is 53.4 Å². The first-order chi connectivity index (χ1) is 19.2. The van der Waals surface area contributed by atoms with E-state index in [0.29, 0.717) is 17.0 Å². The Morgan fingerprint density at radius 2 is 1.41 bits per heavy atom. The first-order valence-electron chi connectivity index (χ1n) is 12.1. The number of methoxy groups -OCH3 is 3. The minimum absolute atomic E-state index is 0.179. The van der Waals surface area contributed by atoms with E-state index in [1.54, 1.807) is 30.3 Å². The van der Waals surface area contributed by atoms with Crippen molar-refractivity contribution in [1.82, 2.24) is 9.55 Å². The zero-order chi connectivity index (χ0) is 30.2. The summed E-state index contributed by atoms with van der Waals surface area (Å²) < 4.78 is 85.1. The highest BCUT2D eigenvalue weighted by atomic mass is 31.0. The molecule has 0 radical (unpaired) electrons. The molecule has 0 saturated carbocycles. The molecule has 4 aromatic rings. The summed E-state index contributed by atoms with van der Waals surface area (Å²) in [4.78, 5) is 18.5. The second-order valence-electron chi connectivity index (χ2n) is 9.24. The molecule has 2 atom stereocenters. The highest BCUT2D eigenvalue weighted by molar-refractivity contribution is 7.18. The minimum Gasteiger partial charge on any atom is -0.497 e. The zero-order valence-corrected chi connectivity index (χ0v) is 23.3. The topological polar surface area (TPSA) is 82.8 Å². The molecule has 41 heavy (non-hydrogen) atoms. The summed E-state index contributed by atoms with van der Waals surface area (Å²) in [5, 5.41) is 10.1. The molecule has 7 nitrogen and oxygen atoms in total. The Hall–Kier alpha value is -3.76. The van der Waals surface area contributed by atoms with E-state index in [1.165, 1.54) is 44.1 Å². The third kappa shape index (κ3) is 5.85. The lowest BCUT2D eigenvalue weighted by atomic mass is 9.93. The van der Waals surface area contributed by atoms with Gasteiger partial charge in [0.15, 0.2) is 11.5 Å². The van der Waals surface area contributed by atoms with E-state index in [0.717, 1.165) is 26.9 Å². The van der Waals surface area contributed by atoms with Crippen LogP contribution in [0.5, 0.6) is 17.2 Å². The summed E-state index contributed by atoms with van der Waals surface area (Å²) in [7, 11) is 5.13. The van der Waals surface area contributed by atoms with Crippen molar-refractivity contribution in [2.75, 3.05) is 21.3 Å². The number of benzene rings is 3. The fourth-order valence-corrected chi connectivity index (χ4v) is 4.60.